The van der Waals surface area contributed by atoms with E-state index in [2.05, 4.69) is 14.9 Å². The molecule has 0 aliphatic carbocycles. The molecule has 3 rings (SSSR count). The van der Waals surface area contributed by atoms with Crippen LogP contribution in [0.15, 0.2) is 33.7 Å². The minimum Gasteiger partial charge on any atom is -0.465 e. The molecule has 0 saturated carbocycles. The predicted molar refractivity (Wildman–Crippen MR) is 87.7 cm³/mol. The SMILES string of the molecule is COC(=O)c1ccc(S(=O)(=O)N2CC(c3nc(C(C)C)no3)C2)cc1. The van der Waals surface area contributed by atoms with E-state index >= 15 is 0 Å². The Morgan fingerprint density at radius 1 is 1.28 bits per heavy atom. The zero-order valence-corrected chi connectivity index (χ0v) is 15.0. The van der Waals surface area contributed by atoms with Crippen LogP contribution in [0, 0.1) is 0 Å². The summed E-state index contributed by atoms with van der Waals surface area (Å²) in [5.74, 6) is 0.645. The van der Waals surface area contributed by atoms with Gasteiger partial charge >= 0.3 is 5.97 Å². The van der Waals surface area contributed by atoms with Gasteiger partial charge in [0.1, 0.15) is 0 Å². The third-order valence-electron chi connectivity index (χ3n) is 4.08. The van der Waals surface area contributed by atoms with Gasteiger partial charge in [-0.3, -0.25) is 0 Å². The lowest BCUT2D eigenvalue weighted by Gasteiger charge is -2.35. The smallest absolute Gasteiger partial charge is 0.337 e. The van der Waals surface area contributed by atoms with Gasteiger partial charge in [-0.2, -0.15) is 9.29 Å². The van der Waals surface area contributed by atoms with Crippen LogP contribution in [-0.4, -0.2) is 49.0 Å². The molecule has 1 fully saturated rings. The molecule has 8 nitrogen and oxygen atoms in total. The van der Waals surface area contributed by atoms with E-state index in [1.54, 1.807) is 0 Å². The lowest BCUT2D eigenvalue weighted by molar-refractivity contribution is 0.0600. The monoisotopic (exact) mass is 365 g/mol. The largest absolute Gasteiger partial charge is 0.465 e. The van der Waals surface area contributed by atoms with E-state index in [-0.39, 0.29) is 16.7 Å². The third-order valence-corrected chi connectivity index (χ3v) is 5.93. The highest BCUT2D eigenvalue weighted by molar-refractivity contribution is 7.89. The van der Waals surface area contributed by atoms with E-state index in [1.165, 1.54) is 35.7 Å². The maximum Gasteiger partial charge on any atom is 0.337 e. The average molecular weight is 365 g/mol. The first-order chi connectivity index (χ1) is 11.8. The van der Waals surface area contributed by atoms with Crippen molar-refractivity contribution in [2.45, 2.75) is 30.6 Å². The van der Waals surface area contributed by atoms with Crippen LogP contribution >= 0.6 is 0 Å². The molecule has 1 aromatic heterocycles. The summed E-state index contributed by atoms with van der Waals surface area (Å²) in [6.07, 6.45) is 0. The fourth-order valence-corrected chi connectivity index (χ4v) is 4.00. The van der Waals surface area contributed by atoms with Gasteiger partial charge in [0.2, 0.25) is 15.9 Å². The van der Waals surface area contributed by atoms with Gasteiger partial charge in [0.15, 0.2) is 5.82 Å². The molecule has 25 heavy (non-hydrogen) atoms. The van der Waals surface area contributed by atoms with Gasteiger partial charge in [-0.05, 0) is 24.3 Å². The second-order valence-electron chi connectivity index (χ2n) is 6.18. The van der Waals surface area contributed by atoms with E-state index in [0.29, 0.717) is 30.4 Å². The van der Waals surface area contributed by atoms with Crippen molar-refractivity contribution < 1.29 is 22.5 Å². The number of carbonyl (C=O) groups excluding carboxylic acids is 1. The van der Waals surface area contributed by atoms with Crippen LogP contribution in [0.4, 0.5) is 0 Å². The molecule has 134 valence electrons. The Morgan fingerprint density at radius 3 is 2.44 bits per heavy atom. The van der Waals surface area contributed by atoms with E-state index in [0.717, 1.165) is 0 Å². The van der Waals surface area contributed by atoms with Crippen molar-refractivity contribution in [2.75, 3.05) is 20.2 Å². The maximum absolute atomic E-state index is 12.6. The summed E-state index contributed by atoms with van der Waals surface area (Å²) < 4.78 is 36.4. The number of esters is 1. The Kier molecular flexibility index (Phi) is 4.61. The molecule has 9 heteroatoms. The summed E-state index contributed by atoms with van der Waals surface area (Å²) in [6, 6.07) is 5.67. The van der Waals surface area contributed by atoms with E-state index in [1.807, 2.05) is 13.8 Å². The van der Waals surface area contributed by atoms with Crippen molar-refractivity contribution >= 4 is 16.0 Å². The Morgan fingerprint density at radius 2 is 1.92 bits per heavy atom. The van der Waals surface area contributed by atoms with Gasteiger partial charge in [-0.25, -0.2) is 13.2 Å². The summed E-state index contributed by atoms with van der Waals surface area (Å²) >= 11 is 0. The lowest BCUT2D eigenvalue weighted by atomic mass is 10.0. The molecule has 0 atom stereocenters. The summed E-state index contributed by atoms with van der Waals surface area (Å²) in [5.41, 5.74) is 0.301. The Labute approximate surface area is 145 Å². The third kappa shape index (κ3) is 3.29. The standard InChI is InChI=1S/C16H19N3O5S/c1-10(2)14-17-15(24-18-14)12-8-19(9-12)25(21,22)13-6-4-11(5-7-13)16(20)23-3/h4-7,10,12H,8-9H2,1-3H3. The molecule has 0 unspecified atom stereocenters. The molecule has 1 saturated heterocycles. The number of aromatic nitrogens is 2. The molecule has 1 aromatic carbocycles. The number of rotatable bonds is 5. The van der Waals surface area contributed by atoms with Crippen LogP contribution < -0.4 is 0 Å². The molecule has 0 bridgehead atoms. The molecule has 2 heterocycles. The van der Waals surface area contributed by atoms with Crippen LogP contribution in [0.2, 0.25) is 0 Å². The lowest BCUT2D eigenvalue weighted by Crippen LogP contribution is -2.48. The van der Waals surface area contributed by atoms with Gasteiger partial charge < -0.3 is 9.26 Å². The average Bonchev–Trinajstić information content (AvgIpc) is 3.02. The van der Waals surface area contributed by atoms with Crippen molar-refractivity contribution in [3.05, 3.63) is 41.5 Å². The van der Waals surface area contributed by atoms with E-state index in [9.17, 15) is 13.2 Å². The van der Waals surface area contributed by atoms with Gasteiger partial charge in [0, 0.05) is 19.0 Å². The van der Waals surface area contributed by atoms with Crippen molar-refractivity contribution in [1.82, 2.24) is 14.4 Å². The van der Waals surface area contributed by atoms with Crippen LogP contribution in [0.25, 0.3) is 0 Å². The molecule has 0 N–H and O–H groups in total. The first kappa shape index (κ1) is 17.6. The zero-order valence-electron chi connectivity index (χ0n) is 14.2. The molecule has 2 aromatic rings. The Bertz CT molecular complexity index is 867. The summed E-state index contributed by atoms with van der Waals surface area (Å²) in [5, 5.41) is 3.90. The topological polar surface area (TPSA) is 103 Å². The first-order valence-corrected chi connectivity index (χ1v) is 9.29. The summed E-state index contributed by atoms with van der Waals surface area (Å²) in [4.78, 5) is 15.9. The number of carbonyl (C=O) groups is 1. The molecule has 0 radical (unpaired) electrons. The van der Waals surface area contributed by atoms with Crippen LogP contribution in [0.5, 0.6) is 0 Å². The fraction of sp³-hybridized carbons (Fsp3) is 0.438. The quantitative estimate of drug-likeness (QED) is 0.744. The Hall–Kier alpha value is -2.26. The molecular formula is C16H19N3O5S. The van der Waals surface area contributed by atoms with Crippen molar-refractivity contribution in [3.8, 4) is 0 Å². The van der Waals surface area contributed by atoms with Gasteiger partial charge in [-0.1, -0.05) is 19.0 Å². The van der Waals surface area contributed by atoms with Gasteiger partial charge in [0.05, 0.1) is 23.5 Å². The van der Waals surface area contributed by atoms with Crippen molar-refractivity contribution in [3.63, 3.8) is 0 Å². The minimum absolute atomic E-state index is 0.0934. The van der Waals surface area contributed by atoms with Crippen molar-refractivity contribution in [1.29, 1.82) is 0 Å². The second-order valence-corrected chi connectivity index (χ2v) is 8.12. The Balaban J connectivity index is 1.69. The van der Waals surface area contributed by atoms with E-state index in [4.69, 9.17) is 4.52 Å². The molecule has 1 aliphatic heterocycles. The highest BCUT2D eigenvalue weighted by atomic mass is 32.2. The highest BCUT2D eigenvalue weighted by Gasteiger charge is 2.40. The number of benzene rings is 1. The number of nitrogens with zero attached hydrogens (tertiary/aromatic N) is 3. The van der Waals surface area contributed by atoms with Crippen LogP contribution in [-0.2, 0) is 14.8 Å². The fourth-order valence-electron chi connectivity index (χ4n) is 2.47. The first-order valence-electron chi connectivity index (χ1n) is 7.85. The molecule has 0 spiro atoms. The molecular weight excluding hydrogens is 346 g/mol. The van der Waals surface area contributed by atoms with Gasteiger partial charge in [-0.15, -0.1) is 0 Å². The normalized spacial score (nSPS) is 16.0. The van der Waals surface area contributed by atoms with Crippen molar-refractivity contribution in [2.24, 2.45) is 0 Å². The summed E-state index contributed by atoms with van der Waals surface area (Å²) in [6.45, 7) is 4.51. The highest BCUT2D eigenvalue weighted by Crippen LogP contribution is 2.31. The number of hydrogen-bond acceptors (Lipinski definition) is 7. The van der Waals surface area contributed by atoms with E-state index < -0.39 is 16.0 Å². The number of sulfonamides is 1. The maximum atomic E-state index is 12.6. The van der Waals surface area contributed by atoms with Crippen LogP contribution in [0.1, 0.15) is 47.8 Å². The summed E-state index contributed by atoms with van der Waals surface area (Å²) in [7, 11) is -2.34. The zero-order chi connectivity index (χ0) is 18.2. The minimum atomic E-state index is -3.61. The second kappa shape index (κ2) is 6.57. The number of ether oxygens (including phenoxy) is 1. The molecule has 1 aliphatic rings. The number of hydrogen-bond donors (Lipinski definition) is 0. The predicted octanol–water partition coefficient (Wildman–Crippen LogP) is 1.77. The van der Waals surface area contributed by atoms with Gasteiger partial charge in [0.25, 0.3) is 0 Å². The van der Waals surface area contributed by atoms with Crippen LogP contribution in [0.3, 0.4) is 0 Å². The number of methoxy groups -OCH3 is 1. The molecule has 0 amide bonds.